The molecule has 2 aliphatic rings. The second-order valence-corrected chi connectivity index (χ2v) is 11.4. The summed E-state index contributed by atoms with van der Waals surface area (Å²) in [5.41, 5.74) is 18.5. The molecular weight excluding hydrogens is 483 g/mol. The maximum absolute atomic E-state index is 2.53. The SMILES string of the molecule is CCc1ccc(N2c3ccccc3N3c4ccc(CC)cc4B(c4c(C)cc(C)cc4C)c4cccc2c43)cc1. The molecule has 0 saturated heterocycles. The molecule has 40 heavy (non-hydrogen) atoms. The lowest BCUT2D eigenvalue weighted by Gasteiger charge is -2.46. The summed E-state index contributed by atoms with van der Waals surface area (Å²) in [6, 6.07) is 36.7. The van der Waals surface area contributed by atoms with Crippen LogP contribution in [0, 0.1) is 20.8 Å². The van der Waals surface area contributed by atoms with Gasteiger partial charge in [0.1, 0.15) is 0 Å². The van der Waals surface area contributed by atoms with Crippen molar-refractivity contribution in [2.45, 2.75) is 47.5 Å². The first-order chi connectivity index (χ1) is 19.5. The summed E-state index contributed by atoms with van der Waals surface area (Å²) in [6.07, 6.45) is 2.07. The van der Waals surface area contributed by atoms with Crippen LogP contribution in [0.3, 0.4) is 0 Å². The molecule has 5 aromatic rings. The number of hydrogen-bond acceptors (Lipinski definition) is 2. The molecule has 0 saturated carbocycles. The Labute approximate surface area is 239 Å². The van der Waals surface area contributed by atoms with E-state index >= 15 is 0 Å². The summed E-state index contributed by atoms with van der Waals surface area (Å²) < 4.78 is 0. The molecule has 0 atom stereocenters. The number of rotatable bonds is 4. The topological polar surface area (TPSA) is 6.48 Å². The van der Waals surface area contributed by atoms with E-state index in [9.17, 15) is 0 Å². The van der Waals surface area contributed by atoms with Gasteiger partial charge in [-0.25, -0.2) is 0 Å². The molecule has 0 radical (unpaired) electrons. The van der Waals surface area contributed by atoms with E-state index in [2.05, 4.69) is 141 Å². The predicted octanol–water partition coefficient (Wildman–Crippen LogP) is 7.82. The van der Waals surface area contributed by atoms with Gasteiger partial charge < -0.3 is 9.80 Å². The van der Waals surface area contributed by atoms with Gasteiger partial charge in [-0.05, 0) is 92.1 Å². The zero-order chi connectivity index (χ0) is 27.5. The summed E-state index contributed by atoms with van der Waals surface area (Å²) in [7, 11) is 0. The lowest BCUT2D eigenvalue weighted by Crippen LogP contribution is -2.59. The fourth-order valence-corrected chi connectivity index (χ4v) is 7.09. The van der Waals surface area contributed by atoms with Gasteiger partial charge in [-0.3, -0.25) is 0 Å². The lowest BCUT2D eigenvalue weighted by molar-refractivity contribution is 1.12. The van der Waals surface area contributed by atoms with Gasteiger partial charge in [-0.15, -0.1) is 0 Å². The Kier molecular flexibility index (Phi) is 5.85. The molecule has 0 bridgehead atoms. The van der Waals surface area contributed by atoms with Crippen molar-refractivity contribution in [2.24, 2.45) is 0 Å². The smallest absolute Gasteiger partial charge is 0.247 e. The van der Waals surface area contributed by atoms with Crippen LogP contribution in [0.25, 0.3) is 0 Å². The first kappa shape index (κ1) is 24.8. The monoisotopic (exact) mass is 518 g/mol. The van der Waals surface area contributed by atoms with Crippen molar-refractivity contribution in [3.05, 3.63) is 125 Å². The Hall–Kier alpha value is -4.24. The number of hydrogen-bond donors (Lipinski definition) is 0. The number of aryl methyl sites for hydroxylation is 5. The van der Waals surface area contributed by atoms with Crippen LogP contribution >= 0.6 is 0 Å². The third-order valence-corrected chi connectivity index (χ3v) is 8.87. The highest BCUT2D eigenvalue weighted by atomic mass is 15.3. The van der Waals surface area contributed by atoms with E-state index in [4.69, 9.17) is 0 Å². The minimum absolute atomic E-state index is 0.169. The average Bonchev–Trinajstić information content (AvgIpc) is 2.97. The van der Waals surface area contributed by atoms with Gasteiger partial charge in [0.15, 0.2) is 0 Å². The van der Waals surface area contributed by atoms with Gasteiger partial charge in [0.2, 0.25) is 6.71 Å². The summed E-state index contributed by atoms with van der Waals surface area (Å²) >= 11 is 0. The fraction of sp³-hybridized carbons (Fsp3) is 0.189. The molecule has 0 amide bonds. The zero-order valence-electron chi connectivity index (χ0n) is 24.1. The molecule has 2 heterocycles. The van der Waals surface area contributed by atoms with Gasteiger partial charge in [0, 0.05) is 11.4 Å². The van der Waals surface area contributed by atoms with Crippen molar-refractivity contribution in [1.29, 1.82) is 0 Å². The number of benzene rings is 5. The molecule has 2 aliphatic heterocycles. The minimum Gasteiger partial charge on any atom is -0.307 e. The van der Waals surface area contributed by atoms with Gasteiger partial charge in [-0.1, -0.05) is 96.7 Å². The molecule has 0 aromatic heterocycles. The summed E-state index contributed by atoms with van der Waals surface area (Å²) in [5.74, 6) is 0. The Morgan fingerprint density at radius 1 is 0.550 bits per heavy atom. The Morgan fingerprint density at radius 2 is 1.18 bits per heavy atom. The first-order valence-corrected chi connectivity index (χ1v) is 14.6. The fourth-order valence-electron chi connectivity index (χ4n) is 7.09. The van der Waals surface area contributed by atoms with Crippen LogP contribution in [0.1, 0.15) is 41.7 Å². The third-order valence-electron chi connectivity index (χ3n) is 8.87. The van der Waals surface area contributed by atoms with Gasteiger partial charge in [0.25, 0.3) is 0 Å². The minimum atomic E-state index is 0.169. The standard InChI is InChI=1S/C37H35BN2/c1-6-27-15-18-29(19-16-27)39-33-12-8-9-13-34(33)40-32-20-17-28(7-2)23-31(32)38(30-11-10-14-35(39)37(30)40)36-25(4)21-24(3)22-26(36)5/h8-23H,6-7H2,1-5H3. The van der Waals surface area contributed by atoms with E-state index in [0.717, 1.165) is 12.8 Å². The first-order valence-electron chi connectivity index (χ1n) is 14.6. The quantitative estimate of drug-likeness (QED) is 0.219. The maximum Gasteiger partial charge on any atom is 0.247 e. The van der Waals surface area contributed by atoms with Crippen LogP contribution in [0.2, 0.25) is 0 Å². The number of fused-ring (bicyclic) bond motifs is 4. The van der Waals surface area contributed by atoms with E-state index in [1.54, 1.807) is 0 Å². The van der Waals surface area contributed by atoms with Crippen LogP contribution in [0.5, 0.6) is 0 Å². The molecule has 0 spiro atoms. The molecule has 5 aromatic carbocycles. The van der Waals surface area contributed by atoms with Crippen LogP contribution in [0.15, 0.2) is 97.1 Å². The second kappa shape index (κ2) is 9.45. The Balaban J connectivity index is 1.56. The second-order valence-electron chi connectivity index (χ2n) is 11.4. The molecule has 0 unspecified atom stereocenters. The van der Waals surface area contributed by atoms with Crippen molar-refractivity contribution in [2.75, 3.05) is 9.80 Å². The molecule has 0 fully saturated rings. The van der Waals surface area contributed by atoms with Gasteiger partial charge >= 0.3 is 0 Å². The van der Waals surface area contributed by atoms with Crippen LogP contribution in [-0.2, 0) is 12.8 Å². The molecule has 7 rings (SSSR count). The van der Waals surface area contributed by atoms with Crippen LogP contribution in [0.4, 0.5) is 34.1 Å². The predicted molar refractivity (Wildman–Crippen MR) is 173 cm³/mol. The number of nitrogens with zero attached hydrogens (tertiary/aromatic N) is 2. The Bertz CT molecular complexity index is 1750. The number of para-hydroxylation sites is 3. The molecule has 0 aliphatic carbocycles. The van der Waals surface area contributed by atoms with Crippen molar-refractivity contribution < 1.29 is 0 Å². The van der Waals surface area contributed by atoms with Gasteiger partial charge in [-0.2, -0.15) is 0 Å². The van der Waals surface area contributed by atoms with Crippen molar-refractivity contribution in [1.82, 2.24) is 0 Å². The molecule has 196 valence electrons. The van der Waals surface area contributed by atoms with Crippen molar-refractivity contribution in [3.8, 4) is 0 Å². The molecule has 3 heteroatoms. The number of anilines is 6. The van der Waals surface area contributed by atoms with Crippen LogP contribution < -0.4 is 26.2 Å². The average molecular weight is 519 g/mol. The summed E-state index contributed by atoms with van der Waals surface area (Å²) in [6.45, 7) is 11.4. The third kappa shape index (κ3) is 3.64. The summed E-state index contributed by atoms with van der Waals surface area (Å²) in [5, 5.41) is 0. The van der Waals surface area contributed by atoms with E-state index in [1.165, 1.54) is 78.3 Å². The highest BCUT2D eigenvalue weighted by Gasteiger charge is 2.42. The highest BCUT2D eigenvalue weighted by molar-refractivity contribution is 6.98. The largest absolute Gasteiger partial charge is 0.307 e. The van der Waals surface area contributed by atoms with Gasteiger partial charge in [0.05, 0.1) is 22.7 Å². The van der Waals surface area contributed by atoms with Crippen LogP contribution in [-0.4, -0.2) is 6.71 Å². The van der Waals surface area contributed by atoms with Crippen molar-refractivity contribution in [3.63, 3.8) is 0 Å². The molecule has 2 nitrogen and oxygen atoms in total. The zero-order valence-corrected chi connectivity index (χ0v) is 24.1. The lowest BCUT2D eigenvalue weighted by atomic mass is 9.33. The van der Waals surface area contributed by atoms with E-state index in [1.807, 2.05) is 0 Å². The Morgan fingerprint density at radius 3 is 1.85 bits per heavy atom. The van der Waals surface area contributed by atoms with E-state index < -0.39 is 0 Å². The molecular formula is C37H35BN2. The van der Waals surface area contributed by atoms with E-state index in [0.29, 0.717) is 0 Å². The summed E-state index contributed by atoms with van der Waals surface area (Å²) in [4.78, 5) is 4.99. The maximum atomic E-state index is 2.53. The highest BCUT2D eigenvalue weighted by Crippen LogP contribution is 2.54. The van der Waals surface area contributed by atoms with E-state index in [-0.39, 0.29) is 6.71 Å². The normalized spacial score (nSPS) is 13.2. The van der Waals surface area contributed by atoms with Crippen molar-refractivity contribution >= 4 is 57.2 Å². The molecule has 0 N–H and O–H groups in total.